The van der Waals surface area contributed by atoms with E-state index >= 15 is 0 Å². The second kappa shape index (κ2) is 4.91. The zero-order valence-corrected chi connectivity index (χ0v) is 12.1. The molecule has 2 aromatic rings. The van der Waals surface area contributed by atoms with Gasteiger partial charge in [-0.25, -0.2) is 4.79 Å². The molecule has 0 spiro atoms. The highest BCUT2D eigenvalue weighted by Gasteiger charge is 2.27. The zero-order chi connectivity index (χ0) is 15.1. The molecule has 0 bridgehead atoms. The first-order chi connectivity index (χ1) is 9.99. The summed E-state index contributed by atoms with van der Waals surface area (Å²) in [5.41, 5.74) is 1.60. The molecule has 0 saturated heterocycles. The number of benzene rings is 1. The van der Waals surface area contributed by atoms with Crippen LogP contribution in [-0.2, 0) is 12.8 Å². The molecule has 0 amide bonds. The van der Waals surface area contributed by atoms with E-state index in [1.54, 1.807) is 0 Å². The number of hydrogen-bond acceptors (Lipinski definition) is 3. The van der Waals surface area contributed by atoms with Crippen LogP contribution in [0.2, 0.25) is 0 Å². The van der Waals surface area contributed by atoms with E-state index in [1.165, 1.54) is 15.7 Å². The molecule has 0 saturated carbocycles. The van der Waals surface area contributed by atoms with Gasteiger partial charge < -0.3 is 5.11 Å². The van der Waals surface area contributed by atoms with Gasteiger partial charge in [-0.05, 0) is 29.9 Å². The van der Waals surface area contributed by atoms with E-state index in [4.69, 9.17) is 0 Å². The molecular weight excluding hydrogens is 268 g/mol. The fraction of sp³-hybridized carbons (Fsp3) is 0.375. The van der Waals surface area contributed by atoms with Crippen molar-refractivity contribution < 1.29 is 5.11 Å². The van der Waals surface area contributed by atoms with Crippen LogP contribution in [0.5, 0.6) is 5.88 Å². The average molecular weight is 286 g/mol. The minimum absolute atomic E-state index is 0.149. The lowest BCUT2D eigenvalue weighted by atomic mass is 10.1. The first-order valence-corrected chi connectivity index (χ1v) is 7.13. The maximum Gasteiger partial charge on any atom is 0.331 e. The molecule has 1 aromatic heterocycles. The van der Waals surface area contributed by atoms with Crippen molar-refractivity contribution in [1.29, 1.82) is 0 Å². The SMILES string of the molecule is CC(C)c1c(O)n(C2Cc3ccccc3C2)c(=O)[nH]c1=O. The number of aromatic amines is 1. The first-order valence-electron chi connectivity index (χ1n) is 7.13. The molecule has 0 atom stereocenters. The van der Waals surface area contributed by atoms with E-state index < -0.39 is 11.2 Å². The van der Waals surface area contributed by atoms with Gasteiger partial charge in [-0.1, -0.05) is 38.1 Å². The molecule has 0 fully saturated rings. The smallest absolute Gasteiger partial charge is 0.331 e. The molecule has 0 aliphatic heterocycles. The normalized spacial score (nSPS) is 14.6. The summed E-state index contributed by atoms with van der Waals surface area (Å²) >= 11 is 0. The molecule has 0 unspecified atom stereocenters. The van der Waals surface area contributed by atoms with Crippen molar-refractivity contribution in [2.24, 2.45) is 0 Å². The summed E-state index contributed by atoms with van der Waals surface area (Å²) in [6.07, 6.45) is 1.38. The number of H-pyrrole nitrogens is 1. The highest BCUT2D eigenvalue weighted by molar-refractivity contribution is 5.34. The van der Waals surface area contributed by atoms with Crippen molar-refractivity contribution in [1.82, 2.24) is 9.55 Å². The van der Waals surface area contributed by atoms with E-state index in [-0.39, 0.29) is 23.4 Å². The Hall–Kier alpha value is -2.30. The first kappa shape index (κ1) is 13.7. The van der Waals surface area contributed by atoms with Crippen LogP contribution in [0.15, 0.2) is 33.9 Å². The van der Waals surface area contributed by atoms with Gasteiger partial charge in [-0.2, -0.15) is 0 Å². The maximum absolute atomic E-state index is 12.1. The Morgan fingerprint density at radius 2 is 1.76 bits per heavy atom. The van der Waals surface area contributed by atoms with Crippen molar-refractivity contribution in [2.75, 3.05) is 0 Å². The molecule has 2 N–H and O–H groups in total. The third-order valence-electron chi connectivity index (χ3n) is 4.12. The minimum atomic E-state index is -0.542. The summed E-state index contributed by atoms with van der Waals surface area (Å²) in [5, 5.41) is 10.4. The Labute approximate surface area is 121 Å². The Kier molecular flexibility index (Phi) is 3.20. The number of rotatable bonds is 2. The number of hydrogen-bond donors (Lipinski definition) is 2. The number of fused-ring (bicyclic) bond motifs is 1. The summed E-state index contributed by atoms with van der Waals surface area (Å²) in [5.74, 6) is -0.346. The van der Waals surface area contributed by atoms with Crippen LogP contribution in [0.25, 0.3) is 0 Å². The van der Waals surface area contributed by atoms with Crippen molar-refractivity contribution in [2.45, 2.75) is 38.6 Å². The minimum Gasteiger partial charge on any atom is -0.494 e. The van der Waals surface area contributed by atoms with Gasteiger partial charge in [-0.15, -0.1) is 0 Å². The second-order valence-electron chi connectivity index (χ2n) is 5.85. The molecule has 1 heterocycles. The van der Waals surface area contributed by atoms with Gasteiger partial charge in [0.2, 0.25) is 5.88 Å². The van der Waals surface area contributed by atoms with Crippen molar-refractivity contribution in [3.05, 3.63) is 61.8 Å². The van der Waals surface area contributed by atoms with Gasteiger partial charge in [0.25, 0.3) is 5.56 Å². The lowest BCUT2D eigenvalue weighted by Crippen LogP contribution is -2.35. The average Bonchev–Trinajstić information content (AvgIpc) is 2.80. The van der Waals surface area contributed by atoms with Crippen LogP contribution >= 0.6 is 0 Å². The summed E-state index contributed by atoms with van der Waals surface area (Å²) < 4.78 is 1.33. The van der Waals surface area contributed by atoms with Gasteiger partial charge >= 0.3 is 5.69 Å². The predicted molar refractivity (Wildman–Crippen MR) is 80.0 cm³/mol. The van der Waals surface area contributed by atoms with Crippen molar-refractivity contribution in [3.8, 4) is 5.88 Å². The molecule has 3 rings (SSSR count). The maximum atomic E-state index is 12.1. The quantitative estimate of drug-likeness (QED) is 0.882. The summed E-state index contributed by atoms with van der Waals surface area (Å²) in [6, 6.07) is 7.86. The molecule has 0 radical (unpaired) electrons. The summed E-state index contributed by atoms with van der Waals surface area (Å²) in [6.45, 7) is 3.64. The fourth-order valence-corrected chi connectivity index (χ4v) is 3.13. The molecule has 5 heteroatoms. The highest BCUT2D eigenvalue weighted by Crippen LogP contribution is 2.32. The molecule has 110 valence electrons. The number of nitrogens with one attached hydrogen (secondary N) is 1. The summed E-state index contributed by atoms with van der Waals surface area (Å²) in [7, 11) is 0. The van der Waals surface area contributed by atoms with E-state index in [0.29, 0.717) is 12.8 Å². The van der Waals surface area contributed by atoms with Crippen LogP contribution in [0.1, 0.15) is 42.5 Å². The Bertz CT molecular complexity index is 777. The molecule has 1 aliphatic carbocycles. The number of nitrogens with zero attached hydrogens (tertiary/aromatic N) is 1. The number of aromatic hydroxyl groups is 1. The summed E-state index contributed by atoms with van der Waals surface area (Å²) in [4.78, 5) is 26.3. The molecule has 1 aromatic carbocycles. The van der Waals surface area contributed by atoms with Crippen LogP contribution in [0.4, 0.5) is 0 Å². The Balaban J connectivity index is 2.11. The van der Waals surface area contributed by atoms with Gasteiger partial charge in [-0.3, -0.25) is 14.3 Å². The molecule has 5 nitrogen and oxygen atoms in total. The van der Waals surface area contributed by atoms with Crippen molar-refractivity contribution in [3.63, 3.8) is 0 Å². The van der Waals surface area contributed by atoms with Gasteiger partial charge in [0.05, 0.1) is 5.56 Å². The molecule has 1 aliphatic rings. The topological polar surface area (TPSA) is 75.1 Å². The van der Waals surface area contributed by atoms with Crippen LogP contribution in [0, 0.1) is 0 Å². The van der Waals surface area contributed by atoms with Gasteiger partial charge in [0.1, 0.15) is 0 Å². The lowest BCUT2D eigenvalue weighted by molar-refractivity contribution is 0.357. The van der Waals surface area contributed by atoms with Crippen LogP contribution in [0.3, 0.4) is 0 Å². The predicted octanol–water partition coefficient (Wildman–Crippen LogP) is 1.71. The van der Waals surface area contributed by atoms with Crippen LogP contribution < -0.4 is 11.2 Å². The Morgan fingerprint density at radius 1 is 1.19 bits per heavy atom. The lowest BCUT2D eigenvalue weighted by Gasteiger charge is -2.18. The van der Waals surface area contributed by atoms with E-state index in [1.807, 2.05) is 38.1 Å². The number of aromatic nitrogens is 2. The van der Waals surface area contributed by atoms with Crippen molar-refractivity contribution >= 4 is 0 Å². The van der Waals surface area contributed by atoms with E-state index in [0.717, 1.165) is 0 Å². The Morgan fingerprint density at radius 3 is 2.29 bits per heavy atom. The standard InChI is InChI=1S/C16H18N2O3/c1-9(2)13-14(19)17-16(21)18(15(13)20)12-7-10-5-3-4-6-11(10)8-12/h3-6,9,12,20H,7-8H2,1-2H3,(H,17,19,21). The van der Waals surface area contributed by atoms with E-state index in [9.17, 15) is 14.7 Å². The molecular formula is C16H18N2O3. The largest absolute Gasteiger partial charge is 0.494 e. The van der Waals surface area contributed by atoms with Gasteiger partial charge in [0.15, 0.2) is 0 Å². The second-order valence-corrected chi connectivity index (χ2v) is 5.85. The molecule has 21 heavy (non-hydrogen) atoms. The van der Waals surface area contributed by atoms with E-state index in [2.05, 4.69) is 4.98 Å². The van der Waals surface area contributed by atoms with Gasteiger partial charge in [0, 0.05) is 6.04 Å². The monoisotopic (exact) mass is 286 g/mol. The van der Waals surface area contributed by atoms with Crippen LogP contribution in [-0.4, -0.2) is 14.7 Å². The third-order valence-corrected chi connectivity index (χ3v) is 4.12. The zero-order valence-electron chi connectivity index (χ0n) is 12.1. The fourth-order valence-electron chi connectivity index (χ4n) is 3.13. The highest BCUT2D eigenvalue weighted by atomic mass is 16.3. The third kappa shape index (κ3) is 2.18.